The Morgan fingerprint density at radius 3 is 2.27 bits per heavy atom. The van der Waals surface area contributed by atoms with Gasteiger partial charge >= 0.3 is 0 Å². The van der Waals surface area contributed by atoms with Gasteiger partial charge < -0.3 is 9.80 Å². The summed E-state index contributed by atoms with van der Waals surface area (Å²) in [5.74, 6) is 0.100. The van der Waals surface area contributed by atoms with Crippen molar-refractivity contribution in [1.82, 2.24) is 19.6 Å². The molecule has 0 aliphatic carbocycles. The van der Waals surface area contributed by atoms with Crippen LogP contribution in [-0.4, -0.2) is 57.6 Å². The molecular formula is C23H31ClN4O2. The van der Waals surface area contributed by atoms with Crippen LogP contribution in [0.2, 0.25) is 5.15 Å². The first-order chi connectivity index (χ1) is 14.3. The molecule has 0 radical (unpaired) electrons. The number of piperidine rings is 1. The fraction of sp³-hybridized carbons (Fsp3) is 0.522. The smallest absolute Gasteiger partial charge is 0.258 e. The SMILES string of the molecule is CCN(CC)C(=O)C1CCN(C(=O)c2c(C)nn(Cc3ccc(C)cc3)c2Cl)CC1. The Balaban J connectivity index is 1.68. The fourth-order valence-electron chi connectivity index (χ4n) is 4.05. The number of aromatic nitrogens is 2. The number of hydrogen-bond acceptors (Lipinski definition) is 3. The van der Waals surface area contributed by atoms with Crippen molar-refractivity contribution < 1.29 is 9.59 Å². The molecule has 2 amide bonds. The van der Waals surface area contributed by atoms with Gasteiger partial charge in [0, 0.05) is 32.1 Å². The van der Waals surface area contributed by atoms with E-state index in [-0.39, 0.29) is 17.7 Å². The number of benzene rings is 1. The van der Waals surface area contributed by atoms with E-state index in [0.717, 1.165) is 18.7 Å². The number of carbonyl (C=O) groups is 2. The lowest BCUT2D eigenvalue weighted by Gasteiger charge is -2.33. The van der Waals surface area contributed by atoms with Gasteiger partial charge in [0.05, 0.1) is 17.8 Å². The van der Waals surface area contributed by atoms with Gasteiger partial charge in [-0.3, -0.25) is 9.59 Å². The van der Waals surface area contributed by atoms with Crippen LogP contribution < -0.4 is 0 Å². The van der Waals surface area contributed by atoms with Gasteiger partial charge in [-0.05, 0) is 46.1 Å². The number of carbonyl (C=O) groups excluding carboxylic acids is 2. The minimum atomic E-state index is -0.0959. The minimum Gasteiger partial charge on any atom is -0.343 e. The van der Waals surface area contributed by atoms with E-state index >= 15 is 0 Å². The van der Waals surface area contributed by atoms with E-state index in [9.17, 15) is 9.59 Å². The lowest BCUT2D eigenvalue weighted by Crippen LogP contribution is -2.44. The number of nitrogens with zero attached hydrogens (tertiary/aromatic N) is 4. The summed E-state index contributed by atoms with van der Waals surface area (Å²) in [5.41, 5.74) is 3.38. The predicted octanol–water partition coefficient (Wildman–Crippen LogP) is 3.92. The second kappa shape index (κ2) is 9.65. The van der Waals surface area contributed by atoms with Gasteiger partial charge in [0.2, 0.25) is 5.91 Å². The fourth-order valence-corrected chi connectivity index (χ4v) is 4.36. The van der Waals surface area contributed by atoms with Crippen molar-refractivity contribution in [2.24, 2.45) is 5.92 Å². The summed E-state index contributed by atoms with van der Waals surface area (Å²) in [7, 11) is 0. The van der Waals surface area contributed by atoms with Crippen LogP contribution in [0.1, 0.15) is 53.9 Å². The van der Waals surface area contributed by atoms with E-state index in [1.165, 1.54) is 5.56 Å². The van der Waals surface area contributed by atoms with E-state index < -0.39 is 0 Å². The maximum Gasteiger partial charge on any atom is 0.258 e. The van der Waals surface area contributed by atoms with Crippen LogP contribution >= 0.6 is 11.6 Å². The molecule has 0 atom stereocenters. The zero-order valence-corrected chi connectivity index (χ0v) is 19.1. The highest BCUT2D eigenvalue weighted by atomic mass is 35.5. The number of likely N-dealkylation sites (tertiary alicyclic amines) is 1. The van der Waals surface area contributed by atoms with Crippen LogP contribution in [0, 0.1) is 19.8 Å². The number of amides is 2. The van der Waals surface area contributed by atoms with Gasteiger partial charge in [-0.15, -0.1) is 0 Å². The van der Waals surface area contributed by atoms with E-state index in [4.69, 9.17) is 11.6 Å². The molecule has 1 aliphatic heterocycles. The number of halogens is 1. The molecule has 0 spiro atoms. The molecule has 1 aromatic heterocycles. The second-order valence-corrected chi connectivity index (χ2v) is 8.33. The molecule has 1 fully saturated rings. The molecule has 0 N–H and O–H groups in total. The third kappa shape index (κ3) is 4.69. The first-order valence-corrected chi connectivity index (χ1v) is 11.1. The van der Waals surface area contributed by atoms with Crippen molar-refractivity contribution in [3.63, 3.8) is 0 Å². The number of rotatable bonds is 6. The van der Waals surface area contributed by atoms with E-state index in [1.807, 2.05) is 44.7 Å². The average molecular weight is 431 g/mol. The summed E-state index contributed by atoms with van der Waals surface area (Å²) < 4.78 is 1.69. The van der Waals surface area contributed by atoms with Crippen molar-refractivity contribution in [3.05, 3.63) is 51.8 Å². The van der Waals surface area contributed by atoms with Gasteiger partial charge in [0.15, 0.2) is 0 Å². The van der Waals surface area contributed by atoms with Crippen LogP contribution in [0.3, 0.4) is 0 Å². The highest BCUT2D eigenvalue weighted by Crippen LogP contribution is 2.26. The predicted molar refractivity (Wildman–Crippen MR) is 119 cm³/mol. The quantitative estimate of drug-likeness (QED) is 0.697. The monoisotopic (exact) mass is 430 g/mol. The van der Waals surface area contributed by atoms with Crippen molar-refractivity contribution in [1.29, 1.82) is 0 Å². The first kappa shape index (κ1) is 22.3. The summed E-state index contributed by atoms with van der Waals surface area (Å²) >= 11 is 6.58. The molecule has 1 saturated heterocycles. The van der Waals surface area contributed by atoms with Crippen LogP contribution in [0.5, 0.6) is 0 Å². The topological polar surface area (TPSA) is 58.4 Å². The van der Waals surface area contributed by atoms with E-state index in [0.29, 0.717) is 48.9 Å². The summed E-state index contributed by atoms with van der Waals surface area (Å²) in [6.07, 6.45) is 1.38. The molecule has 2 aromatic rings. The summed E-state index contributed by atoms with van der Waals surface area (Å²) in [5, 5.41) is 4.88. The van der Waals surface area contributed by atoms with Crippen molar-refractivity contribution >= 4 is 23.4 Å². The maximum absolute atomic E-state index is 13.2. The van der Waals surface area contributed by atoms with Crippen molar-refractivity contribution in [3.8, 4) is 0 Å². The number of hydrogen-bond donors (Lipinski definition) is 0. The van der Waals surface area contributed by atoms with Crippen LogP contribution in [0.25, 0.3) is 0 Å². The Labute approximate surface area is 183 Å². The molecule has 7 heteroatoms. The van der Waals surface area contributed by atoms with Crippen LogP contribution in [-0.2, 0) is 11.3 Å². The Kier molecular flexibility index (Phi) is 7.19. The molecule has 1 aliphatic rings. The van der Waals surface area contributed by atoms with Gasteiger partial charge in [-0.2, -0.15) is 5.10 Å². The largest absolute Gasteiger partial charge is 0.343 e. The van der Waals surface area contributed by atoms with E-state index in [2.05, 4.69) is 17.2 Å². The Morgan fingerprint density at radius 1 is 1.10 bits per heavy atom. The minimum absolute atomic E-state index is 0.00483. The molecule has 3 rings (SSSR count). The molecule has 1 aromatic carbocycles. The molecule has 0 unspecified atom stereocenters. The summed E-state index contributed by atoms with van der Waals surface area (Å²) in [6, 6.07) is 8.19. The van der Waals surface area contributed by atoms with Crippen molar-refractivity contribution in [2.45, 2.75) is 47.1 Å². The third-order valence-corrected chi connectivity index (χ3v) is 6.32. The Bertz CT molecular complexity index is 895. The van der Waals surface area contributed by atoms with Gasteiger partial charge in [-0.25, -0.2) is 4.68 Å². The highest BCUT2D eigenvalue weighted by Gasteiger charge is 2.32. The summed E-state index contributed by atoms with van der Waals surface area (Å²) in [4.78, 5) is 29.4. The van der Waals surface area contributed by atoms with Gasteiger partial charge in [0.25, 0.3) is 5.91 Å². The Morgan fingerprint density at radius 2 is 1.70 bits per heavy atom. The zero-order chi connectivity index (χ0) is 21.8. The zero-order valence-electron chi connectivity index (χ0n) is 18.3. The molecule has 162 valence electrons. The van der Waals surface area contributed by atoms with Crippen molar-refractivity contribution in [2.75, 3.05) is 26.2 Å². The van der Waals surface area contributed by atoms with Crippen LogP contribution in [0.4, 0.5) is 0 Å². The highest BCUT2D eigenvalue weighted by molar-refractivity contribution is 6.33. The molecule has 6 nitrogen and oxygen atoms in total. The number of aryl methyl sites for hydroxylation is 2. The molecule has 0 bridgehead atoms. The standard InChI is InChI=1S/C23H31ClN4O2/c1-5-26(6-2)22(29)19-11-13-27(14-12-19)23(30)20-17(4)25-28(21(20)24)15-18-9-7-16(3)8-10-18/h7-10,19H,5-6,11-15H2,1-4H3. The van der Waals surface area contributed by atoms with Gasteiger partial charge in [0.1, 0.15) is 5.15 Å². The molecule has 0 saturated carbocycles. The Hall–Kier alpha value is -2.34. The maximum atomic E-state index is 13.2. The molecular weight excluding hydrogens is 400 g/mol. The van der Waals surface area contributed by atoms with E-state index in [1.54, 1.807) is 9.58 Å². The summed E-state index contributed by atoms with van der Waals surface area (Å²) in [6.45, 7) is 11.0. The van der Waals surface area contributed by atoms with Crippen LogP contribution in [0.15, 0.2) is 24.3 Å². The molecule has 2 heterocycles. The lowest BCUT2D eigenvalue weighted by atomic mass is 9.94. The second-order valence-electron chi connectivity index (χ2n) is 7.97. The first-order valence-electron chi connectivity index (χ1n) is 10.7. The van der Waals surface area contributed by atoms with Gasteiger partial charge in [-0.1, -0.05) is 41.4 Å². The third-order valence-electron chi connectivity index (χ3n) is 5.94. The average Bonchev–Trinajstić information content (AvgIpc) is 3.03. The molecule has 30 heavy (non-hydrogen) atoms. The normalized spacial score (nSPS) is 14.8. The lowest BCUT2D eigenvalue weighted by molar-refractivity contribution is -0.136.